The van der Waals surface area contributed by atoms with E-state index in [9.17, 15) is 9.90 Å². The summed E-state index contributed by atoms with van der Waals surface area (Å²) in [5.41, 5.74) is 2.86. The van der Waals surface area contributed by atoms with E-state index >= 15 is 0 Å². The van der Waals surface area contributed by atoms with E-state index in [1.54, 1.807) is 12.1 Å². The van der Waals surface area contributed by atoms with Gasteiger partial charge < -0.3 is 10.4 Å². The van der Waals surface area contributed by atoms with E-state index in [0.717, 1.165) is 29.5 Å². The highest BCUT2D eigenvalue weighted by Gasteiger charge is 2.29. The summed E-state index contributed by atoms with van der Waals surface area (Å²) >= 11 is 0. The monoisotopic (exact) mass is 267 g/mol. The third kappa shape index (κ3) is 2.82. The number of amides is 1. The van der Waals surface area contributed by atoms with Crippen molar-refractivity contribution < 1.29 is 9.90 Å². The van der Waals surface area contributed by atoms with Crippen molar-refractivity contribution in [3.63, 3.8) is 0 Å². The zero-order valence-corrected chi connectivity index (χ0v) is 11.2. The van der Waals surface area contributed by atoms with Gasteiger partial charge in [-0.15, -0.1) is 0 Å². The number of hydrogen-bond acceptors (Lipinski definition) is 2. The molecule has 0 saturated heterocycles. The van der Waals surface area contributed by atoms with E-state index < -0.39 is 0 Å². The molecule has 1 saturated carbocycles. The van der Waals surface area contributed by atoms with Crippen molar-refractivity contribution in [1.29, 1.82) is 0 Å². The van der Waals surface area contributed by atoms with Crippen LogP contribution in [-0.4, -0.2) is 11.0 Å². The van der Waals surface area contributed by atoms with Crippen LogP contribution >= 0.6 is 0 Å². The molecule has 0 radical (unpaired) electrons. The van der Waals surface area contributed by atoms with Crippen molar-refractivity contribution in [3.8, 4) is 16.9 Å². The van der Waals surface area contributed by atoms with Crippen LogP contribution in [0.1, 0.15) is 18.4 Å². The predicted octanol–water partition coefficient (Wildman–Crippen LogP) is 3.09. The summed E-state index contributed by atoms with van der Waals surface area (Å²) in [4.78, 5) is 11.6. The summed E-state index contributed by atoms with van der Waals surface area (Å²) < 4.78 is 0. The van der Waals surface area contributed by atoms with Crippen LogP contribution in [0.3, 0.4) is 0 Å². The minimum atomic E-state index is 0.162. The number of para-hydroxylation sites is 1. The molecule has 1 fully saturated rings. The first-order valence-electron chi connectivity index (χ1n) is 6.89. The molecule has 0 unspecified atom stereocenters. The molecule has 0 heterocycles. The predicted molar refractivity (Wildman–Crippen MR) is 78.1 cm³/mol. The summed E-state index contributed by atoms with van der Waals surface area (Å²) in [7, 11) is 0. The molecular weight excluding hydrogens is 250 g/mol. The Morgan fingerprint density at radius 3 is 2.45 bits per heavy atom. The fraction of sp³-hybridized carbons (Fsp3) is 0.235. The number of benzene rings is 2. The summed E-state index contributed by atoms with van der Waals surface area (Å²) in [5.74, 6) is 0.688. The van der Waals surface area contributed by atoms with E-state index in [2.05, 4.69) is 5.32 Å². The van der Waals surface area contributed by atoms with Gasteiger partial charge in [-0.25, -0.2) is 0 Å². The number of hydrogen-bond donors (Lipinski definition) is 2. The second-order valence-electron chi connectivity index (χ2n) is 5.21. The molecule has 0 atom stereocenters. The summed E-state index contributed by atoms with van der Waals surface area (Å²) in [6.07, 6.45) is 2.05. The lowest BCUT2D eigenvalue weighted by Gasteiger charge is -2.07. The average molecular weight is 267 g/mol. The Balaban J connectivity index is 1.68. The lowest BCUT2D eigenvalue weighted by molar-refractivity contribution is -0.122. The third-order valence-electron chi connectivity index (χ3n) is 3.58. The number of carbonyl (C=O) groups excluding carboxylic acids is 1. The molecule has 1 amide bonds. The average Bonchev–Trinajstić information content (AvgIpc) is 3.31. The first-order chi connectivity index (χ1) is 9.74. The summed E-state index contributed by atoms with van der Waals surface area (Å²) in [6.45, 7) is 0.566. The first kappa shape index (κ1) is 12.7. The fourth-order valence-electron chi connectivity index (χ4n) is 2.20. The lowest BCUT2D eigenvalue weighted by Crippen LogP contribution is -2.24. The molecule has 3 rings (SSSR count). The smallest absolute Gasteiger partial charge is 0.223 e. The van der Waals surface area contributed by atoms with Gasteiger partial charge in [-0.1, -0.05) is 42.5 Å². The van der Waals surface area contributed by atoms with Gasteiger partial charge in [0.2, 0.25) is 5.91 Å². The Hall–Kier alpha value is -2.29. The quantitative estimate of drug-likeness (QED) is 0.894. The van der Waals surface area contributed by atoms with Gasteiger partial charge >= 0.3 is 0 Å². The molecule has 1 aliphatic carbocycles. The maximum atomic E-state index is 11.6. The number of carbonyl (C=O) groups is 1. The molecule has 2 N–H and O–H groups in total. The van der Waals surface area contributed by atoms with E-state index in [1.807, 2.05) is 36.4 Å². The van der Waals surface area contributed by atoms with Gasteiger partial charge in [0.05, 0.1) is 0 Å². The van der Waals surface area contributed by atoms with E-state index in [0.29, 0.717) is 6.54 Å². The molecule has 0 aliphatic heterocycles. The highest BCUT2D eigenvalue weighted by Crippen LogP contribution is 2.29. The highest BCUT2D eigenvalue weighted by atomic mass is 16.3. The van der Waals surface area contributed by atoms with Crippen LogP contribution < -0.4 is 5.32 Å². The van der Waals surface area contributed by atoms with Crippen LogP contribution in [0.5, 0.6) is 5.75 Å². The van der Waals surface area contributed by atoms with Crippen LogP contribution in [0.4, 0.5) is 0 Å². The minimum absolute atomic E-state index is 0.162. The molecular formula is C17H17NO2. The number of aromatic hydroxyl groups is 1. The molecule has 2 aromatic rings. The SMILES string of the molecule is O=C(NCc1ccc(-c2ccccc2O)cc1)C1CC1. The van der Waals surface area contributed by atoms with Crippen molar-refractivity contribution in [1.82, 2.24) is 5.32 Å². The van der Waals surface area contributed by atoms with Crippen molar-refractivity contribution >= 4 is 5.91 Å². The van der Waals surface area contributed by atoms with E-state index in [1.165, 1.54) is 0 Å². The molecule has 20 heavy (non-hydrogen) atoms. The second kappa shape index (κ2) is 5.37. The Kier molecular flexibility index (Phi) is 3.42. The number of phenols is 1. The minimum Gasteiger partial charge on any atom is -0.507 e. The standard InChI is InChI=1S/C17H17NO2/c19-16-4-2-1-3-15(16)13-7-5-12(6-8-13)11-18-17(20)14-9-10-14/h1-8,14,19H,9-11H2,(H,18,20). The van der Waals surface area contributed by atoms with Gasteiger partial charge in [-0.05, 0) is 30.0 Å². The topological polar surface area (TPSA) is 49.3 Å². The number of rotatable bonds is 4. The Morgan fingerprint density at radius 2 is 1.80 bits per heavy atom. The van der Waals surface area contributed by atoms with Gasteiger partial charge in [-0.3, -0.25) is 4.79 Å². The first-order valence-corrected chi connectivity index (χ1v) is 6.89. The maximum absolute atomic E-state index is 11.6. The van der Waals surface area contributed by atoms with Gasteiger partial charge in [0.25, 0.3) is 0 Å². The normalized spacial score (nSPS) is 14.0. The molecule has 0 bridgehead atoms. The van der Waals surface area contributed by atoms with Crippen molar-refractivity contribution in [2.24, 2.45) is 5.92 Å². The van der Waals surface area contributed by atoms with Crippen molar-refractivity contribution in [2.75, 3.05) is 0 Å². The third-order valence-corrected chi connectivity index (χ3v) is 3.58. The fourth-order valence-corrected chi connectivity index (χ4v) is 2.20. The molecule has 0 aromatic heterocycles. The molecule has 102 valence electrons. The lowest BCUT2D eigenvalue weighted by atomic mass is 10.0. The van der Waals surface area contributed by atoms with E-state index in [-0.39, 0.29) is 17.6 Å². The van der Waals surface area contributed by atoms with Gasteiger partial charge in [0, 0.05) is 18.0 Å². The van der Waals surface area contributed by atoms with Crippen LogP contribution in [0.15, 0.2) is 48.5 Å². The largest absolute Gasteiger partial charge is 0.507 e. The molecule has 2 aromatic carbocycles. The zero-order chi connectivity index (χ0) is 13.9. The number of nitrogens with one attached hydrogen (secondary N) is 1. The van der Waals surface area contributed by atoms with Gasteiger partial charge in [-0.2, -0.15) is 0 Å². The van der Waals surface area contributed by atoms with Crippen LogP contribution in [0, 0.1) is 5.92 Å². The highest BCUT2D eigenvalue weighted by molar-refractivity contribution is 5.80. The number of phenolic OH excluding ortho intramolecular Hbond substituents is 1. The maximum Gasteiger partial charge on any atom is 0.223 e. The van der Waals surface area contributed by atoms with Crippen molar-refractivity contribution in [2.45, 2.75) is 19.4 Å². The van der Waals surface area contributed by atoms with E-state index in [4.69, 9.17) is 0 Å². The van der Waals surface area contributed by atoms with Crippen molar-refractivity contribution in [3.05, 3.63) is 54.1 Å². The van der Waals surface area contributed by atoms with Gasteiger partial charge in [0.1, 0.15) is 5.75 Å². The Labute approximate surface area is 118 Å². The molecule has 1 aliphatic rings. The van der Waals surface area contributed by atoms with Crippen LogP contribution in [0.2, 0.25) is 0 Å². The Morgan fingerprint density at radius 1 is 1.10 bits per heavy atom. The van der Waals surface area contributed by atoms with Crippen LogP contribution in [0.25, 0.3) is 11.1 Å². The second-order valence-corrected chi connectivity index (χ2v) is 5.21. The van der Waals surface area contributed by atoms with Gasteiger partial charge in [0.15, 0.2) is 0 Å². The molecule has 3 nitrogen and oxygen atoms in total. The van der Waals surface area contributed by atoms with Crippen LogP contribution in [-0.2, 0) is 11.3 Å². The molecule has 3 heteroatoms. The molecule has 0 spiro atoms. The summed E-state index contributed by atoms with van der Waals surface area (Å²) in [6, 6.07) is 15.2. The summed E-state index contributed by atoms with van der Waals surface area (Å²) in [5, 5.41) is 12.8. The Bertz CT molecular complexity index is 615. The zero-order valence-electron chi connectivity index (χ0n) is 11.2.